The number of nitrogens with zero attached hydrogens (tertiary/aromatic N) is 3. The molecule has 3 heterocycles. The standard InChI is InChI=1S/C21H23N3O4/c25-19(17-11-21(17)7-10-28-18-4-2-1-3-16(18)21)23-8-5-15(6-9-23)24-13-14(12-22-24)20(26)27/h1-4,12-13,15,17H,5-11H2,(H,26,27)/t17-,21-/m0/s1. The summed E-state index contributed by atoms with van der Waals surface area (Å²) < 4.78 is 7.51. The Hall–Kier alpha value is -2.83. The smallest absolute Gasteiger partial charge is 0.338 e. The minimum Gasteiger partial charge on any atom is -0.493 e. The highest BCUT2D eigenvalue weighted by Crippen LogP contribution is 2.61. The molecule has 0 bridgehead atoms. The van der Waals surface area contributed by atoms with Gasteiger partial charge in [-0.25, -0.2) is 4.79 Å². The fourth-order valence-corrected chi connectivity index (χ4v) is 4.90. The van der Waals surface area contributed by atoms with Crippen LogP contribution in [0.3, 0.4) is 0 Å². The molecule has 1 aromatic heterocycles. The molecule has 146 valence electrons. The summed E-state index contributed by atoms with van der Waals surface area (Å²) in [6, 6.07) is 8.25. The Bertz CT molecular complexity index is 931. The predicted octanol–water partition coefficient (Wildman–Crippen LogP) is 2.49. The van der Waals surface area contributed by atoms with Gasteiger partial charge in [-0.05, 0) is 31.7 Å². The highest BCUT2D eigenvalue weighted by atomic mass is 16.5. The van der Waals surface area contributed by atoms with E-state index in [1.807, 2.05) is 23.1 Å². The van der Waals surface area contributed by atoms with Gasteiger partial charge in [0.05, 0.1) is 24.4 Å². The lowest BCUT2D eigenvalue weighted by atomic mass is 9.87. The normalized spacial score (nSPS) is 26.6. The SMILES string of the molecule is O=C(O)c1cnn(C2CCN(C(=O)[C@@H]3C[C@]34CCOc3ccccc34)CC2)c1. The average Bonchev–Trinajstić information content (AvgIpc) is 3.20. The summed E-state index contributed by atoms with van der Waals surface area (Å²) in [6.07, 6.45) is 6.38. The number of rotatable bonds is 3. The van der Waals surface area contributed by atoms with Gasteiger partial charge in [0.25, 0.3) is 0 Å². The fourth-order valence-electron chi connectivity index (χ4n) is 4.90. The molecule has 1 aliphatic carbocycles. The van der Waals surface area contributed by atoms with E-state index in [4.69, 9.17) is 9.84 Å². The van der Waals surface area contributed by atoms with Gasteiger partial charge in [0, 0.05) is 36.2 Å². The molecule has 1 saturated heterocycles. The quantitative estimate of drug-likeness (QED) is 0.883. The number of carboxylic acids is 1. The zero-order valence-electron chi connectivity index (χ0n) is 15.6. The van der Waals surface area contributed by atoms with Crippen LogP contribution in [-0.4, -0.2) is 51.4 Å². The number of likely N-dealkylation sites (tertiary alicyclic amines) is 1. The lowest BCUT2D eigenvalue weighted by Crippen LogP contribution is -2.41. The number of para-hydroxylation sites is 1. The topological polar surface area (TPSA) is 84.7 Å². The first kappa shape index (κ1) is 17.3. The van der Waals surface area contributed by atoms with Crippen LogP contribution in [0, 0.1) is 5.92 Å². The molecule has 1 saturated carbocycles. The monoisotopic (exact) mass is 381 g/mol. The largest absolute Gasteiger partial charge is 0.493 e. The van der Waals surface area contributed by atoms with Crippen LogP contribution >= 0.6 is 0 Å². The number of carbonyl (C=O) groups is 2. The van der Waals surface area contributed by atoms with E-state index in [0.717, 1.165) is 31.4 Å². The van der Waals surface area contributed by atoms with Gasteiger partial charge >= 0.3 is 5.97 Å². The van der Waals surface area contributed by atoms with E-state index >= 15 is 0 Å². The molecule has 3 aliphatic rings. The highest BCUT2D eigenvalue weighted by molar-refractivity contribution is 5.87. The van der Waals surface area contributed by atoms with Crippen molar-refractivity contribution in [1.82, 2.24) is 14.7 Å². The molecule has 1 aromatic carbocycles. The van der Waals surface area contributed by atoms with Crippen LogP contribution < -0.4 is 4.74 Å². The molecular formula is C21H23N3O4. The van der Waals surface area contributed by atoms with Gasteiger partial charge in [0.2, 0.25) is 5.91 Å². The molecule has 1 N–H and O–H groups in total. The van der Waals surface area contributed by atoms with Gasteiger partial charge in [0.15, 0.2) is 0 Å². The van der Waals surface area contributed by atoms with Crippen molar-refractivity contribution in [1.29, 1.82) is 0 Å². The lowest BCUT2D eigenvalue weighted by Gasteiger charge is -2.33. The van der Waals surface area contributed by atoms with E-state index in [0.29, 0.717) is 19.7 Å². The number of hydrogen-bond donors (Lipinski definition) is 1. The number of aromatic nitrogens is 2. The third kappa shape index (κ3) is 2.68. The van der Waals surface area contributed by atoms with E-state index in [2.05, 4.69) is 11.2 Å². The summed E-state index contributed by atoms with van der Waals surface area (Å²) in [6.45, 7) is 2.06. The molecule has 1 spiro atoms. The van der Waals surface area contributed by atoms with Crippen molar-refractivity contribution in [2.45, 2.75) is 37.1 Å². The number of aromatic carboxylic acids is 1. The maximum absolute atomic E-state index is 13.2. The van der Waals surface area contributed by atoms with Crippen molar-refractivity contribution in [2.75, 3.05) is 19.7 Å². The van der Waals surface area contributed by atoms with Crippen molar-refractivity contribution in [3.8, 4) is 5.75 Å². The Labute approximate surface area is 162 Å². The second kappa shape index (κ2) is 6.36. The molecule has 2 aliphatic heterocycles. The van der Waals surface area contributed by atoms with E-state index < -0.39 is 5.97 Å². The maximum Gasteiger partial charge on any atom is 0.338 e. The predicted molar refractivity (Wildman–Crippen MR) is 100 cm³/mol. The van der Waals surface area contributed by atoms with E-state index in [9.17, 15) is 9.59 Å². The second-order valence-corrected chi connectivity index (χ2v) is 8.08. The molecule has 2 atom stereocenters. The van der Waals surface area contributed by atoms with Gasteiger partial charge < -0.3 is 14.7 Å². The highest BCUT2D eigenvalue weighted by Gasteiger charge is 2.61. The molecular weight excluding hydrogens is 358 g/mol. The molecule has 2 fully saturated rings. The third-order valence-electron chi connectivity index (χ3n) is 6.60. The van der Waals surface area contributed by atoms with Gasteiger partial charge in [-0.1, -0.05) is 18.2 Å². The minimum absolute atomic E-state index is 0.0405. The Morgan fingerprint density at radius 3 is 2.75 bits per heavy atom. The third-order valence-corrected chi connectivity index (χ3v) is 6.60. The van der Waals surface area contributed by atoms with Gasteiger partial charge in [0.1, 0.15) is 5.75 Å². The van der Waals surface area contributed by atoms with Gasteiger partial charge in [-0.3, -0.25) is 9.48 Å². The summed E-state index contributed by atoms with van der Waals surface area (Å²) in [4.78, 5) is 26.2. The van der Waals surface area contributed by atoms with E-state index in [1.165, 1.54) is 11.8 Å². The number of fused-ring (bicyclic) bond motifs is 2. The van der Waals surface area contributed by atoms with Crippen molar-refractivity contribution in [3.05, 3.63) is 47.8 Å². The molecule has 7 heteroatoms. The molecule has 1 amide bonds. The molecule has 28 heavy (non-hydrogen) atoms. The minimum atomic E-state index is -0.963. The summed E-state index contributed by atoms with van der Waals surface area (Å²) in [5.74, 6) is 0.268. The van der Waals surface area contributed by atoms with Crippen molar-refractivity contribution in [2.24, 2.45) is 5.92 Å². The second-order valence-electron chi connectivity index (χ2n) is 8.08. The van der Waals surface area contributed by atoms with Crippen LogP contribution in [0.25, 0.3) is 0 Å². The zero-order valence-corrected chi connectivity index (χ0v) is 15.6. The van der Waals surface area contributed by atoms with Crippen molar-refractivity contribution < 1.29 is 19.4 Å². The van der Waals surface area contributed by atoms with Crippen LogP contribution in [0.15, 0.2) is 36.7 Å². The van der Waals surface area contributed by atoms with E-state index in [-0.39, 0.29) is 28.8 Å². The van der Waals surface area contributed by atoms with Gasteiger partial charge in [-0.15, -0.1) is 0 Å². The molecule has 0 unspecified atom stereocenters. The van der Waals surface area contributed by atoms with Crippen LogP contribution in [0.1, 0.15) is 47.6 Å². The summed E-state index contributed by atoms with van der Waals surface area (Å²) in [5, 5.41) is 13.2. The summed E-state index contributed by atoms with van der Waals surface area (Å²) >= 11 is 0. The van der Waals surface area contributed by atoms with Crippen LogP contribution in [0.2, 0.25) is 0 Å². The first-order valence-corrected chi connectivity index (χ1v) is 9.87. The number of hydrogen-bond acceptors (Lipinski definition) is 4. The van der Waals surface area contributed by atoms with Crippen LogP contribution in [-0.2, 0) is 10.2 Å². The number of amides is 1. The Morgan fingerprint density at radius 2 is 2.00 bits per heavy atom. The van der Waals surface area contributed by atoms with Crippen molar-refractivity contribution >= 4 is 11.9 Å². The van der Waals surface area contributed by atoms with Crippen molar-refractivity contribution in [3.63, 3.8) is 0 Å². The maximum atomic E-state index is 13.2. The number of carbonyl (C=O) groups excluding carboxylic acids is 1. The van der Waals surface area contributed by atoms with Gasteiger partial charge in [-0.2, -0.15) is 5.10 Å². The average molecular weight is 381 g/mol. The van der Waals surface area contributed by atoms with E-state index in [1.54, 1.807) is 10.9 Å². The molecule has 2 aromatic rings. The molecule has 5 rings (SSSR count). The Morgan fingerprint density at radius 1 is 1.21 bits per heavy atom. The zero-order chi connectivity index (χ0) is 19.3. The fraction of sp³-hybridized carbons (Fsp3) is 0.476. The number of piperidine rings is 1. The lowest BCUT2D eigenvalue weighted by molar-refractivity contribution is -0.134. The summed E-state index contributed by atoms with van der Waals surface area (Å²) in [5.41, 5.74) is 1.35. The summed E-state index contributed by atoms with van der Waals surface area (Å²) in [7, 11) is 0. The van der Waals surface area contributed by atoms with Crippen LogP contribution in [0.4, 0.5) is 0 Å². The first-order valence-electron chi connectivity index (χ1n) is 9.87. The Kier molecular flexibility index (Phi) is 3.92. The van der Waals surface area contributed by atoms with Crippen LogP contribution in [0.5, 0.6) is 5.75 Å². The number of carboxylic acid groups (broad SMARTS) is 1. The number of ether oxygens (including phenoxy) is 1. The Balaban J connectivity index is 1.25. The molecule has 7 nitrogen and oxygen atoms in total. The first-order chi connectivity index (χ1) is 13.6. The molecule has 0 radical (unpaired) electrons. The number of benzene rings is 1.